The van der Waals surface area contributed by atoms with Crippen molar-refractivity contribution in [1.82, 2.24) is 4.31 Å². The predicted octanol–water partition coefficient (Wildman–Crippen LogP) is 1.36. The topological polar surface area (TPSA) is 89.7 Å². The molecule has 0 spiro atoms. The first-order chi connectivity index (χ1) is 9.96. The number of carbonyl (C=O) groups is 1. The van der Waals surface area contributed by atoms with E-state index in [4.69, 9.17) is 10.5 Å². The largest absolute Gasteiger partial charge is 0.495 e. The van der Waals surface area contributed by atoms with Crippen LogP contribution in [0.15, 0.2) is 23.1 Å². The van der Waals surface area contributed by atoms with Crippen molar-refractivity contribution >= 4 is 15.9 Å². The van der Waals surface area contributed by atoms with Crippen LogP contribution in [-0.4, -0.2) is 38.8 Å². The van der Waals surface area contributed by atoms with E-state index in [2.05, 4.69) is 0 Å². The van der Waals surface area contributed by atoms with Crippen molar-refractivity contribution in [2.75, 3.05) is 20.2 Å². The number of rotatable bonds is 4. The number of carbonyl (C=O) groups excluding carboxylic acids is 1. The van der Waals surface area contributed by atoms with E-state index < -0.39 is 15.9 Å². The zero-order chi connectivity index (χ0) is 15.5. The normalized spacial score (nSPS) is 17.2. The number of hydrogen-bond donors (Lipinski definition) is 1. The summed E-state index contributed by atoms with van der Waals surface area (Å²) in [5.74, 6) is -0.436. The van der Waals surface area contributed by atoms with E-state index in [9.17, 15) is 13.2 Å². The van der Waals surface area contributed by atoms with E-state index in [0.717, 1.165) is 25.7 Å². The highest BCUT2D eigenvalue weighted by molar-refractivity contribution is 7.89. The molecule has 1 aromatic rings. The Hall–Kier alpha value is -1.60. The lowest BCUT2D eigenvalue weighted by Crippen LogP contribution is -2.32. The molecule has 1 aliphatic heterocycles. The van der Waals surface area contributed by atoms with Crippen molar-refractivity contribution < 1.29 is 17.9 Å². The summed E-state index contributed by atoms with van der Waals surface area (Å²) >= 11 is 0. The molecule has 0 saturated carbocycles. The van der Waals surface area contributed by atoms with Gasteiger partial charge in [0.15, 0.2) is 0 Å². The van der Waals surface area contributed by atoms with Crippen LogP contribution in [0.5, 0.6) is 5.75 Å². The van der Waals surface area contributed by atoms with Gasteiger partial charge < -0.3 is 10.5 Å². The molecule has 1 amide bonds. The highest BCUT2D eigenvalue weighted by Crippen LogP contribution is 2.29. The second-order valence-electron chi connectivity index (χ2n) is 5.05. The van der Waals surface area contributed by atoms with E-state index in [0.29, 0.717) is 13.1 Å². The summed E-state index contributed by atoms with van der Waals surface area (Å²) in [6.07, 6.45) is 3.75. The molecule has 0 unspecified atom stereocenters. The number of nitrogens with zero attached hydrogens (tertiary/aromatic N) is 1. The summed E-state index contributed by atoms with van der Waals surface area (Å²) in [7, 11) is -2.28. The van der Waals surface area contributed by atoms with Gasteiger partial charge in [-0.25, -0.2) is 8.42 Å². The van der Waals surface area contributed by atoms with Crippen LogP contribution in [-0.2, 0) is 10.0 Å². The van der Waals surface area contributed by atoms with E-state index in [1.807, 2.05) is 0 Å². The third-order valence-corrected chi connectivity index (χ3v) is 5.55. The first kappa shape index (κ1) is 15.8. The fraction of sp³-hybridized carbons (Fsp3) is 0.500. The Balaban J connectivity index is 2.46. The minimum Gasteiger partial charge on any atom is -0.495 e. The highest BCUT2D eigenvalue weighted by atomic mass is 32.2. The van der Waals surface area contributed by atoms with E-state index in [1.54, 1.807) is 0 Å². The van der Waals surface area contributed by atoms with Crippen molar-refractivity contribution in [3.8, 4) is 5.75 Å². The van der Waals surface area contributed by atoms with Gasteiger partial charge in [0.2, 0.25) is 15.9 Å². The van der Waals surface area contributed by atoms with Crippen LogP contribution in [0.25, 0.3) is 0 Å². The number of benzene rings is 1. The lowest BCUT2D eigenvalue weighted by atomic mass is 10.2. The van der Waals surface area contributed by atoms with Crippen LogP contribution in [0.4, 0.5) is 0 Å². The van der Waals surface area contributed by atoms with Crippen molar-refractivity contribution in [2.45, 2.75) is 30.6 Å². The number of methoxy groups -OCH3 is 1. The van der Waals surface area contributed by atoms with Gasteiger partial charge in [0.25, 0.3) is 0 Å². The van der Waals surface area contributed by atoms with E-state index in [-0.39, 0.29) is 16.2 Å². The molecule has 1 saturated heterocycles. The molecule has 7 heteroatoms. The van der Waals surface area contributed by atoms with Crippen molar-refractivity contribution in [1.29, 1.82) is 0 Å². The fourth-order valence-corrected chi connectivity index (χ4v) is 4.15. The van der Waals surface area contributed by atoms with Gasteiger partial charge in [0, 0.05) is 18.7 Å². The molecule has 1 aromatic carbocycles. The number of hydrogen-bond acceptors (Lipinski definition) is 4. The van der Waals surface area contributed by atoms with Gasteiger partial charge >= 0.3 is 0 Å². The zero-order valence-electron chi connectivity index (χ0n) is 12.0. The molecule has 0 bridgehead atoms. The van der Waals surface area contributed by atoms with Crippen LogP contribution < -0.4 is 10.5 Å². The average Bonchev–Trinajstić information content (AvgIpc) is 2.76. The molecule has 0 aromatic heterocycles. The summed E-state index contributed by atoms with van der Waals surface area (Å²) < 4.78 is 32.2. The maximum Gasteiger partial charge on any atom is 0.248 e. The highest BCUT2D eigenvalue weighted by Gasteiger charge is 2.28. The van der Waals surface area contributed by atoms with Gasteiger partial charge in [-0.1, -0.05) is 12.8 Å². The monoisotopic (exact) mass is 312 g/mol. The maximum absolute atomic E-state index is 12.8. The molecule has 1 heterocycles. The summed E-state index contributed by atoms with van der Waals surface area (Å²) in [5.41, 5.74) is 5.39. The Morgan fingerprint density at radius 2 is 1.81 bits per heavy atom. The molecule has 2 N–H and O–H groups in total. The Morgan fingerprint density at radius 1 is 1.19 bits per heavy atom. The number of primary amides is 1. The third kappa shape index (κ3) is 3.36. The average molecular weight is 312 g/mol. The number of sulfonamides is 1. The van der Waals surface area contributed by atoms with Gasteiger partial charge in [-0.15, -0.1) is 0 Å². The molecule has 21 heavy (non-hydrogen) atoms. The van der Waals surface area contributed by atoms with Gasteiger partial charge in [-0.05, 0) is 31.0 Å². The molecule has 0 aliphatic carbocycles. The molecule has 1 fully saturated rings. The SMILES string of the molecule is COc1ccc(C(N)=O)cc1S(=O)(=O)N1CCCCCC1. The second-order valence-corrected chi connectivity index (χ2v) is 6.95. The Kier molecular flexibility index (Phi) is 4.84. The van der Waals surface area contributed by atoms with Crippen molar-refractivity contribution in [2.24, 2.45) is 5.73 Å². The van der Waals surface area contributed by atoms with Gasteiger partial charge in [0.05, 0.1) is 7.11 Å². The zero-order valence-corrected chi connectivity index (χ0v) is 12.9. The first-order valence-corrected chi connectivity index (χ1v) is 8.39. The standard InChI is InChI=1S/C14H20N2O4S/c1-20-12-7-6-11(14(15)17)10-13(12)21(18,19)16-8-4-2-3-5-9-16/h6-7,10H,2-5,8-9H2,1H3,(H2,15,17). The van der Waals surface area contributed by atoms with Crippen LogP contribution in [0.2, 0.25) is 0 Å². The van der Waals surface area contributed by atoms with Crippen molar-refractivity contribution in [3.63, 3.8) is 0 Å². The molecule has 116 valence electrons. The third-order valence-electron chi connectivity index (χ3n) is 3.63. The summed E-state index contributed by atoms with van der Waals surface area (Å²) in [6.45, 7) is 0.985. The van der Waals surface area contributed by atoms with Crippen LogP contribution in [0.1, 0.15) is 36.0 Å². The Labute approximate surface area is 124 Å². The molecule has 2 rings (SSSR count). The van der Waals surface area contributed by atoms with Gasteiger partial charge in [-0.2, -0.15) is 4.31 Å². The maximum atomic E-state index is 12.8. The van der Waals surface area contributed by atoms with Gasteiger partial charge in [0.1, 0.15) is 10.6 Å². The minimum atomic E-state index is -3.68. The molecular formula is C14H20N2O4S. The smallest absolute Gasteiger partial charge is 0.248 e. The summed E-state index contributed by atoms with van der Waals surface area (Å²) in [4.78, 5) is 11.3. The molecule has 6 nitrogen and oxygen atoms in total. The van der Waals surface area contributed by atoms with Crippen molar-refractivity contribution in [3.05, 3.63) is 23.8 Å². The van der Waals surface area contributed by atoms with E-state index in [1.165, 1.54) is 29.6 Å². The summed E-state index contributed by atoms with van der Waals surface area (Å²) in [6, 6.07) is 4.22. The van der Waals surface area contributed by atoms with Crippen LogP contribution >= 0.6 is 0 Å². The minimum absolute atomic E-state index is 0.00296. The Morgan fingerprint density at radius 3 is 2.33 bits per heavy atom. The number of ether oxygens (including phenoxy) is 1. The van der Waals surface area contributed by atoms with Crippen LogP contribution in [0.3, 0.4) is 0 Å². The lowest BCUT2D eigenvalue weighted by Gasteiger charge is -2.21. The van der Waals surface area contributed by atoms with Crippen LogP contribution in [0, 0.1) is 0 Å². The predicted molar refractivity (Wildman–Crippen MR) is 78.7 cm³/mol. The molecular weight excluding hydrogens is 292 g/mol. The van der Waals surface area contributed by atoms with Gasteiger partial charge in [-0.3, -0.25) is 4.79 Å². The lowest BCUT2D eigenvalue weighted by molar-refractivity contribution is 0.1000. The Bertz CT molecular complexity index is 620. The molecule has 0 atom stereocenters. The fourth-order valence-electron chi connectivity index (χ4n) is 2.45. The van der Waals surface area contributed by atoms with E-state index >= 15 is 0 Å². The molecule has 0 radical (unpaired) electrons. The molecule has 1 aliphatic rings. The quantitative estimate of drug-likeness (QED) is 0.909. The number of amides is 1. The summed E-state index contributed by atoms with van der Waals surface area (Å²) in [5, 5.41) is 0. The number of nitrogens with two attached hydrogens (primary N) is 1. The second kappa shape index (κ2) is 6.44. The first-order valence-electron chi connectivity index (χ1n) is 6.95.